The Morgan fingerprint density at radius 2 is 2.00 bits per heavy atom. The Labute approximate surface area is 197 Å². The summed E-state index contributed by atoms with van der Waals surface area (Å²) in [6, 6.07) is 11.6. The van der Waals surface area contributed by atoms with Crippen molar-refractivity contribution < 1.29 is 4.42 Å². The van der Waals surface area contributed by atoms with Crippen molar-refractivity contribution in [3.05, 3.63) is 53.5 Å². The second-order valence-electron chi connectivity index (χ2n) is 6.73. The van der Waals surface area contributed by atoms with Crippen molar-refractivity contribution >= 4 is 47.2 Å². The number of hydrogen-bond donors (Lipinski definition) is 2. The number of nitrogens with one attached hydrogen (secondary N) is 2. The number of piperazine rings is 1. The fourth-order valence-electron chi connectivity index (χ4n) is 3.42. The molecule has 30 heavy (non-hydrogen) atoms. The normalized spacial score (nSPS) is 14.5. The maximum absolute atomic E-state index is 6.33. The van der Waals surface area contributed by atoms with Gasteiger partial charge in [-0.15, -0.1) is 24.0 Å². The molecule has 0 bridgehead atoms. The summed E-state index contributed by atoms with van der Waals surface area (Å²) in [5, 5.41) is 11.4. The number of halogens is 2. The largest absolute Gasteiger partial charge is 0.461 e. The van der Waals surface area contributed by atoms with Gasteiger partial charge >= 0.3 is 0 Å². The average molecular weight is 542 g/mol. The lowest BCUT2D eigenvalue weighted by Crippen LogP contribution is -2.52. The van der Waals surface area contributed by atoms with E-state index in [1.54, 1.807) is 6.26 Å². The fraction of sp³-hybridized carbons (Fsp3) is 0.350. The number of rotatable bonds is 5. The lowest BCUT2D eigenvalue weighted by atomic mass is 10.2. The Kier molecular flexibility index (Phi) is 7.97. The van der Waals surface area contributed by atoms with E-state index in [4.69, 9.17) is 16.0 Å². The van der Waals surface area contributed by atoms with Crippen molar-refractivity contribution in [3.8, 4) is 11.6 Å². The average Bonchev–Trinajstić information content (AvgIpc) is 3.44. The molecule has 1 aromatic carbocycles. The Bertz CT molecular complexity index is 952. The van der Waals surface area contributed by atoms with Gasteiger partial charge in [-0.25, -0.2) is 4.98 Å². The quantitative estimate of drug-likeness (QED) is 0.293. The third-order valence-electron chi connectivity index (χ3n) is 4.90. The van der Waals surface area contributed by atoms with Crippen LogP contribution in [0.15, 0.2) is 52.1 Å². The topological polar surface area (TPSA) is 85.6 Å². The van der Waals surface area contributed by atoms with E-state index in [1.165, 1.54) is 0 Å². The smallest absolute Gasteiger partial charge is 0.216 e. The van der Waals surface area contributed by atoms with Gasteiger partial charge in [0.1, 0.15) is 5.82 Å². The van der Waals surface area contributed by atoms with Crippen LogP contribution in [-0.4, -0.2) is 65.8 Å². The number of guanidine groups is 1. The molecule has 1 aliphatic rings. The minimum Gasteiger partial charge on any atom is -0.461 e. The van der Waals surface area contributed by atoms with E-state index >= 15 is 0 Å². The van der Waals surface area contributed by atoms with Crippen LogP contribution in [-0.2, 0) is 6.42 Å². The van der Waals surface area contributed by atoms with Gasteiger partial charge in [0, 0.05) is 46.2 Å². The van der Waals surface area contributed by atoms with Crippen molar-refractivity contribution in [1.29, 1.82) is 0 Å². The van der Waals surface area contributed by atoms with Gasteiger partial charge in [-0.05, 0) is 24.3 Å². The van der Waals surface area contributed by atoms with Crippen LogP contribution in [0.2, 0.25) is 5.02 Å². The number of benzene rings is 1. The number of furan rings is 1. The molecule has 0 aliphatic carbocycles. The molecule has 0 radical (unpaired) electrons. The molecule has 3 aromatic rings. The molecule has 8 nitrogen and oxygen atoms in total. The first-order valence-corrected chi connectivity index (χ1v) is 10.0. The molecular weight excluding hydrogens is 517 g/mol. The van der Waals surface area contributed by atoms with Crippen molar-refractivity contribution in [2.24, 2.45) is 4.99 Å². The number of aromatic amines is 1. The minimum atomic E-state index is 0. The van der Waals surface area contributed by atoms with Crippen LogP contribution >= 0.6 is 35.6 Å². The van der Waals surface area contributed by atoms with E-state index in [1.807, 2.05) is 37.4 Å². The first kappa shape index (κ1) is 22.4. The predicted octanol–water partition coefficient (Wildman–Crippen LogP) is 3.28. The third-order valence-corrected chi connectivity index (χ3v) is 5.22. The Hall–Kier alpha value is -2.27. The molecule has 1 fully saturated rings. The van der Waals surface area contributed by atoms with E-state index in [-0.39, 0.29) is 24.0 Å². The van der Waals surface area contributed by atoms with Gasteiger partial charge in [-0.3, -0.25) is 10.1 Å². The summed E-state index contributed by atoms with van der Waals surface area (Å²) in [6.45, 7) is 4.29. The van der Waals surface area contributed by atoms with E-state index in [9.17, 15) is 0 Å². The van der Waals surface area contributed by atoms with Gasteiger partial charge in [0.15, 0.2) is 11.7 Å². The number of H-pyrrole nitrogens is 1. The molecular formula is C20H25ClIN7O. The monoisotopic (exact) mass is 541 g/mol. The van der Waals surface area contributed by atoms with E-state index in [2.05, 4.69) is 41.4 Å². The zero-order valence-electron chi connectivity index (χ0n) is 16.7. The summed E-state index contributed by atoms with van der Waals surface area (Å²) >= 11 is 6.33. The highest BCUT2D eigenvalue weighted by Gasteiger charge is 2.21. The van der Waals surface area contributed by atoms with Crippen LogP contribution in [0, 0.1) is 0 Å². The van der Waals surface area contributed by atoms with Crippen molar-refractivity contribution in [1.82, 2.24) is 25.4 Å². The Morgan fingerprint density at radius 1 is 1.20 bits per heavy atom. The van der Waals surface area contributed by atoms with E-state index < -0.39 is 0 Å². The maximum atomic E-state index is 6.33. The second kappa shape index (κ2) is 10.7. The lowest BCUT2D eigenvalue weighted by molar-refractivity contribution is 0.373. The molecule has 1 saturated heterocycles. The molecule has 0 spiro atoms. The lowest BCUT2D eigenvalue weighted by Gasteiger charge is -2.38. The summed E-state index contributed by atoms with van der Waals surface area (Å²) < 4.78 is 5.32. The molecule has 0 saturated carbocycles. The Morgan fingerprint density at radius 3 is 2.70 bits per heavy atom. The molecule has 0 amide bonds. The molecule has 4 rings (SSSR count). The fourth-order valence-corrected chi connectivity index (χ4v) is 3.67. The molecule has 3 heterocycles. The highest BCUT2D eigenvalue weighted by atomic mass is 127. The molecule has 0 unspecified atom stereocenters. The summed E-state index contributed by atoms with van der Waals surface area (Å²) in [7, 11) is 1.81. The third kappa shape index (κ3) is 5.25. The Balaban J connectivity index is 0.00000256. The highest BCUT2D eigenvalue weighted by molar-refractivity contribution is 14.0. The number of hydrogen-bond acceptors (Lipinski definition) is 5. The van der Waals surface area contributed by atoms with E-state index in [0.29, 0.717) is 24.6 Å². The standard InChI is InChI=1S/C20H24ClN7O.HI/c1-22-20(23-9-8-18-24-19(26-25-18)17-7-4-14-29-17)28-12-10-27(11-13-28)16-6-3-2-5-15(16)21;/h2-7,14H,8-13H2,1H3,(H,22,23)(H,24,25,26);1H. The van der Waals surface area contributed by atoms with E-state index in [0.717, 1.165) is 48.7 Å². The summed E-state index contributed by atoms with van der Waals surface area (Å²) in [5.41, 5.74) is 1.09. The van der Waals surface area contributed by atoms with Crippen LogP contribution in [0.5, 0.6) is 0 Å². The van der Waals surface area contributed by atoms with Gasteiger partial charge in [-0.2, -0.15) is 5.10 Å². The first-order valence-electron chi connectivity index (χ1n) is 9.65. The summed E-state index contributed by atoms with van der Waals surface area (Å²) in [5.74, 6) is 2.94. The van der Waals surface area contributed by atoms with Crippen LogP contribution in [0.1, 0.15) is 5.82 Å². The van der Waals surface area contributed by atoms with Crippen molar-refractivity contribution in [2.45, 2.75) is 6.42 Å². The molecule has 0 atom stereocenters. The highest BCUT2D eigenvalue weighted by Crippen LogP contribution is 2.26. The van der Waals surface area contributed by atoms with Gasteiger partial charge in [-0.1, -0.05) is 23.7 Å². The molecule has 160 valence electrons. The molecule has 2 aromatic heterocycles. The minimum absolute atomic E-state index is 0. The summed E-state index contributed by atoms with van der Waals surface area (Å²) in [4.78, 5) is 13.5. The number of nitrogens with zero attached hydrogens (tertiary/aromatic N) is 5. The SMILES string of the molecule is CN=C(NCCc1nc(-c2ccco2)n[nH]1)N1CCN(c2ccccc2Cl)CC1.I. The van der Waals surface area contributed by atoms with Gasteiger partial charge < -0.3 is 19.5 Å². The number of para-hydroxylation sites is 1. The predicted molar refractivity (Wildman–Crippen MR) is 130 cm³/mol. The van der Waals surface area contributed by atoms with Crippen LogP contribution in [0.3, 0.4) is 0 Å². The zero-order chi connectivity index (χ0) is 20.1. The van der Waals surface area contributed by atoms with Crippen molar-refractivity contribution in [2.75, 3.05) is 44.7 Å². The first-order chi connectivity index (χ1) is 14.2. The maximum Gasteiger partial charge on any atom is 0.216 e. The number of anilines is 1. The van der Waals surface area contributed by atoms with Crippen LogP contribution in [0.4, 0.5) is 5.69 Å². The van der Waals surface area contributed by atoms with Crippen LogP contribution in [0.25, 0.3) is 11.6 Å². The number of aromatic nitrogens is 3. The zero-order valence-corrected chi connectivity index (χ0v) is 19.8. The van der Waals surface area contributed by atoms with Gasteiger partial charge in [0.05, 0.1) is 17.0 Å². The second-order valence-corrected chi connectivity index (χ2v) is 7.14. The van der Waals surface area contributed by atoms with Crippen molar-refractivity contribution in [3.63, 3.8) is 0 Å². The van der Waals surface area contributed by atoms with Gasteiger partial charge in [0.25, 0.3) is 0 Å². The van der Waals surface area contributed by atoms with Crippen LogP contribution < -0.4 is 10.2 Å². The van der Waals surface area contributed by atoms with Gasteiger partial charge in [0.2, 0.25) is 5.82 Å². The molecule has 2 N–H and O–H groups in total. The number of aliphatic imine (C=N–C) groups is 1. The molecule has 10 heteroatoms. The molecule has 1 aliphatic heterocycles. The summed E-state index contributed by atoms with van der Waals surface area (Å²) in [6.07, 6.45) is 2.33.